The Morgan fingerprint density at radius 3 is 2.69 bits per heavy atom. The van der Waals surface area contributed by atoms with Crippen LogP contribution in [0.25, 0.3) is 0 Å². The van der Waals surface area contributed by atoms with Crippen LogP contribution in [0.15, 0.2) is 65.8 Å². The predicted molar refractivity (Wildman–Crippen MR) is 111 cm³/mol. The molecule has 4 nitrogen and oxygen atoms in total. The Labute approximate surface area is 163 Å². The van der Waals surface area contributed by atoms with Gasteiger partial charge in [-0.15, -0.1) is 11.8 Å². The second-order valence-corrected chi connectivity index (χ2v) is 7.20. The van der Waals surface area contributed by atoms with E-state index < -0.39 is 0 Å². The van der Waals surface area contributed by atoms with Gasteiger partial charge < -0.3 is 15.0 Å². The van der Waals surface area contributed by atoms with Crippen molar-refractivity contribution in [3.05, 3.63) is 77.0 Å². The minimum absolute atomic E-state index is 0.151. The fourth-order valence-electron chi connectivity index (χ4n) is 2.71. The second-order valence-electron chi connectivity index (χ2n) is 5.88. The summed E-state index contributed by atoms with van der Waals surface area (Å²) < 4.78 is 5.18. The van der Waals surface area contributed by atoms with E-state index >= 15 is 0 Å². The summed E-state index contributed by atoms with van der Waals surface area (Å²) >= 11 is 7.93. The summed E-state index contributed by atoms with van der Waals surface area (Å²) in [4.78, 5) is 6.94. The van der Waals surface area contributed by atoms with Gasteiger partial charge in [-0.25, -0.2) is 0 Å². The highest BCUT2D eigenvalue weighted by atomic mass is 35.5. The van der Waals surface area contributed by atoms with Crippen LogP contribution >= 0.6 is 23.4 Å². The number of nitrogens with zero attached hydrogens (tertiary/aromatic N) is 2. The number of thioether (sulfide) groups is 1. The van der Waals surface area contributed by atoms with Gasteiger partial charge in [0.15, 0.2) is 0 Å². The zero-order valence-electron chi connectivity index (χ0n) is 14.9. The van der Waals surface area contributed by atoms with Gasteiger partial charge in [0.1, 0.15) is 17.1 Å². The molecule has 1 heterocycles. The molecule has 0 radical (unpaired) electrons. The highest BCUT2D eigenvalue weighted by Gasteiger charge is 2.19. The van der Waals surface area contributed by atoms with Gasteiger partial charge in [0, 0.05) is 12.7 Å². The lowest BCUT2D eigenvalue weighted by Gasteiger charge is -2.33. The number of hydrogen-bond acceptors (Lipinski definition) is 4. The molecule has 0 amide bonds. The molecule has 2 aromatic carbocycles. The Balaban J connectivity index is 1.67. The van der Waals surface area contributed by atoms with Crippen LogP contribution in [-0.2, 0) is 13.1 Å². The summed E-state index contributed by atoms with van der Waals surface area (Å²) in [5.74, 6) is 1.55. The lowest BCUT2D eigenvalue weighted by atomic mass is 10.2. The molecule has 0 aliphatic carbocycles. The van der Waals surface area contributed by atoms with Gasteiger partial charge >= 0.3 is 0 Å². The molecule has 0 fully saturated rings. The summed E-state index contributed by atoms with van der Waals surface area (Å²) in [5, 5.41) is 4.08. The van der Waals surface area contributed by atoms with Gasteiger partial charge in [0.25, 0.3) is 0 Å². The maximum atomic E-state index is 6.18. The Kier molecular flexibility index (Phi) is 6.47. The highest BCUT2D eigenvalue weighted by molar-refractivity contribution is 7.99. The molecule has 1 aliphatic heterocycles. The molecule has 6 heteroatoms. The fraction of sp³-hybridized carbons (Fsp3) is 0.250. The third-order valence-corrected chi connectivity index (χ3v) is 5.21. The van der Waals surface area contributed by atoms with Crippen molar-refractivity contribution in [3.63, 3.8) is 0 Å². The molecular weight excluding hydrogens is 366 g/mol. The van der Waals surface area contributed by atoms with E-state index in [2.05, 4.69) is 51.9 Å². The van der Waals surface area contributed by atoms with Gasteiger partial charge in [-0.05, 0) is 35.6 Å². The number of ether oxygens (including phenoxy) is 1. The predicted octanol–water partition coefficient (Wildman–Crippen LogP) is 4.51. The standard InChI is InChI=1S/C20H22ClN3OS/c1-25-18-9-8-16(12-17(18)21)13-22-19-10-11-24(20(23-19)26-2)14-15-6-4-3-5-7-15/h3-12,20H,13-14H2,1-2H3,(H,22,23). The maximum Gasteiger partial charge on any atom is 0.149 e. The number of benzene rings is 2. The molecule has 3 rings (SSSR count). The van der Waals surface area contributed by atoms with E-state index in [0.29, 0.717) is 17.3 Å². The highest BCUT2D eigenvalue weighted by Crippen LogP contribution is 2.25. The lowest BCUT2D eigenvalue weighted by Crippen LogP contribution is -2.45. The zero-order chi connectivity index (χ0) is 18.4. The minimum atomic E-state index is 0.151. The molecule has 0 spiro atoms. The summed E-state index contributed by atoms with van der Waals surface area (Å²) in [6.45, 7) is 1.42. The third kappa shape index (κ3) is 4.74. The van der Waals surface area contributed by atoms with Crippen LogP contribution in [0.3, 0.4) is 0 Å². The molecular formula is C20H22ClN3OS. The zero-order valence-corrected chi connectivity index (χ0v) is 16.4. The molecule has 136 valence electrons. The van der Waals surface area contributed by atoms with Crippen molar-refractivity contribution in [1.82, 2.24) is 10.2 Å². The molecule has 26 heavy (non-hydrogen) atoms. The molecule has 2 aromatic rings. The van der Waals surface area contributed by atoms with Gasteiger partial charge in [0.2, 0.25) is 0 Å². The molecule has 1 atom stereocenters. The first-order chi connectivity index (χ1) is 12.7. The monoisotopic (exact) mass is 387 g/mol. The smallest absolute Gasteiger partial charge is 0.149 e. The molecule has 0 aromatic heterocycles. The van der Waals surface area contributed by atoms with Gasteiger partial charge in [-0.2, -0.15) is 0 Å². The van der Waals surface area contributed by atoms with E-state index in [9.17, 15) is 0 Å². The number of halogens is 1. The minimum Gasteiger partial charge on any atom is -0.495 e. The van der Waals surface area contributed by atoms with Crippen molar-refractivity contribution in [1.29, 1.82) is 0 Å². The first-order valence-electron chi connectivity index (χ1n) is 8.33. The van der Waals surface area contributed by atoms with Crippen molar-refractivity contribution < 1.29 is 4.74 Å². The number of rotatable bonds is 6. The number of amidine groups is 1. The maximum absolute atomic E-state index is 6.18. The van der Waals surface area contributed by atoms with Crippen LogP contribution in [0.5, 0.6) is 5.75 Å². The molecule has 1 unspecified atom stereocenters. The molecule has 0 saturated heterocycles. The summed E-state index contributed by atoms with van der Waals surface area (Å²) in [7, 11) is 1.61. The molecule has 1 aliphatic rings. The van der Waals surface area contributed by atoms with Crippen LogP contribution in [0, 0.1) is 0 Å². The van der Waals surface area contributed by atoms with Crippen molar-refractivity contribution in [2.75, 3.05) is 13.4 Å². The average Bonchev–Trinajstić information content (AvgIpc) is 2.68. The first kappa shape index (κ1) is 18.7. The summed E-state index contributed by atoms with van der Waals surface area (Å²) in [6, 6.07) is 16.2. The van der Waals surface area contributed by atoms with Gasteiger partial charge in [-0.1, -0.05) is 48.0 Å². The van der Waals surface area contributed by atoms with Crippen molar-refractivity contribution >= 4 is 29.2 Å². The van der Waals surface area contributed by atoms with Gasteiger partial charge in [0.05, 0.1) is 18.7 Å². The van der Waals surface area contributed by atoms with Crippen LogP contribution < -0.4 is 10.1 Å². The largest absolute Gasteiger partial charge is 0.495 e. The average molecular weight is 388 g/mol. The van der Waals surface area contributed by atoms with Crippen molar-refractivity contribution in [3.8, 4) is 5.75 Å². The second kappa shape index (κ2) is 9.01. The van der Waals surface area contributed by atoms with Crippen LogP contribution in [0.1, 0.15) is 11.1 Å². The third-order valence-electron chi connectivity index (χ3n) is 4.08. The van der Waals surface area contributed by atoms with Crippen LogP contribution in [-0.4, -0.2) is 29.6 Å². The number of hydrogen-bond donors (Lipinski definition) is 1. The Morgan fingerprint density at radius 2 is 2.00 bits per heavy atom. The number of nitrogens with one attached hydrogen (secondary N) is 1. The van der Waals surface area contributed by atoms with Crippen LogP contribution in [0.4, 0.5) is 0 Å². The topological polar surface area (TPSA) is 36.9 Å². The normalized spacial score (nSPS) is 18.0. The Morgan fingerprint density at radius 1 is 1.19 bits per heavy atom. The van der Waals surface area contributed by atoms with E-state index in [1.54, 1.807) is 18.9 Å². The van der Waals surface area contributed by atoms with E-state index in [1.165, 1.54) is 5.56 Å². The quantitative estimate of drug-likeness (QED) is 0.791. The van der Waals surface area contributed by atoms with E-state index in [1.807, 2.05) is 30.3 Å². The van der Waals surface area contributed by atoms with E-state index in [-0.39, 0.29) is 5.50 Å². The van der Waals surface area contributed by atoms with Crippen molar-refractivity contribution in [2.45, 2.75) is 18.6 Å². The van der Waals surface area contributed by atoms with Crippen molar-refractivity contribution in [2.24, 2.45) is 4.99 Å². The Hall–Kier alpha value is -2.11. The summed E-state index contributed by atoms with van der Waals surface area (Å²) in [6.07, 6.45) is 6.21. The lowest BCUT2D eigenvalue weighted by molar-refractivity contribution is 0.326. The molecule has 0 bridgehead atoms. The van der Waals surface area contributed by atoms with Gasteiger partial charge in [-0.3, -0.25) is 4.99 Å². The van der Waals surface area contributed by atoms with E-state index in [0.717, 1.165) is 17.9 Å². The SMILES string of the molecule is COc1ccc(CN=C2C=CN(Cc3ccccc3)C(SC)N2)cc1Cl. The number of aliphatic imine (C=N–C) groups is 1. The summed E-state index contributed by atoms with van der Waals surface area (Å²) in [5.41, 5.74) is 2.48. The first-order valence-corrected chi connectivity index (χ1v) is 10.0. The molecule has 1 N–H and O–H groups in total. The molecule has 0 saturated carbocycles. The van der Waals surface area contributed by atoms with E-state index in [4.69, 9.17) is 16.3 Å². The number of methoxy groups -OCH3 is 1. The Bertz CT molecular complexity index is 795. The van der Waals surface area contributed by atoms with Crippen LogP contribution in [0.2, 0.25) is 5.02 Å². The fourth-order valence-corrected chi connectivity index (χ4v) is 3.64.